The number of thiazole rings is 1. The van der Waals surface area contributed by atoms with Crippen LogP contribution in [0.5, 0.6) is 0 Å². The summed E-state index contributed by atoms with van der Waals surface area (Å²) in [7, 11) is 0. The lowest BCUT2D eigenvalue weighted by Gasteiger charge is -2.34. The van der Waals surface area contributed by atoms with E-state index in [9.17, 15) is 14.4 Å². The van der Waals surface area contributed by atoms with Gasteiger partial charge < -0.3 is 15.0 Å². The van der Waals surface area contributed by atoms with Crippen molar-refractivity contribution in [3.05, 3.63) is 35.2 Å². The third-order valence-electron chi connectivity index (χ3n) is 7.24. The molecule has 1 aliphatic carbocycles. The number of carbonyl (C=O) groups excluding carboxylic acids is 3. The van der Waals surface area contributed by atoms with E-state index in [-0.39, 0.29) is 36.7 Å². The van der Waals surface area contributed by atoms with Crippen molar-refractivity contribution < 1.29 is 19.1 Å². The van der Waals surface area contributed by atoms with Crippen molar-refractivity contribution in [2.24, 2.45) is 5.92 Å². The van der Waals surface area contributed by atoms with E-state index in [0.29, 0.717) is 5.01 Å². The zero-order valence-electron chi connectivity index (χ0n) is 19.6. The van der Waals surface area contributed by atoms with Crippen LogP contribution >= 0.6 is 22.9 Å². The van der Waals surface area contributed by atoms with E-state index in [1.54, 1.807) is 12.4 Å². The zero-order valence-corrected chi connectivity index (χ0v) is 21.2. The van der Waals surface area contributed by atoms with Crippen molar-refractivity contribution in [3.63, 3.8) is 0 Å². The SMILES string of the molecule is CCc1cc(-c2cnc(C(=O)NC(C(=O)N3CC(Cl)C4OCC(=O)C43)C3CCCCC3)s2)ccn1. The number of pyridine rings is 1. The topological polar surface area (TPSA) is 101 Å². The largest absolute Gasteiger partial charge is 0.366 e. The number of ketones is 1. The molecular weight excluding hydrogens is 488 g/mol. The maximum atomic E-state index is 13.8. The normalized spacial score (nSPS) is 25.5. The number of alkyl halides is 1. The Hall–Kier alpha value is -2.36. The molecule has 3 aliphatic rings. The van der Waals surface area contributed by atoms with Crippen LogP contribution in [-0.4, -0.2) is 69.2 Å². The highest BCUT2D eigenvalue weighted by Crippen LogP contribution is 2.34. The molecule has 4 unspecified atom stereocenters. The van der Waals surface area contributed by atoms with Crippen LogP contribution in [-0.2, 0) is 20.7 Å². The molecule has 2 aliphatic heterocycles. The minimum absolute atomic E-state index is 0.0113. The first-order valence-corrected chi connectivity index (χ1v) is 13.5. The number of amides is 2. The average Bonchev–Trinajstić information content (AvgIpc) is 3.61. The van der Waals surface area contributed by atoms with Crippen LogP contribution in [0.2, 0.25) is 0 Å². The first kappa shape index (κ1) is 24.3. The molecule has 10 heteroatoms. The van der Waals surface area contributed by atoms with Gasteiger partial charge in [-0.25, -0.2) is 4.98 Å². The van der Waals surface area contributed by atoms with E-state index in [1.807, 2.05) is 19.1 Å². The predicted molar refractivity (Wildman–Crippen MR) is 132 cm³/mol. The van der Waals surface area contributed by atoms with Crippen LogP contribution in [0, 0.1) is 5.92 Å². The Bertz CT molecular complexity index is 1120. The number of Topliss-reactive ketones (excluding diaryl/α,β-unsaturated/α-hetero) is 1. The van der Waals surface area contributed by atoms with E-state index in [0.717, 1.165) is 54.7 Å². The number of carbonyl (C=O) groups is 3. The number of likely N-dealkylation sites (tertiary alicyclic amines) is 1. The fourth-order valence-corrected chi connectivity index (χ4v) is 6.57. The fourth-order valence-electron chi connectivity index (χ4n) is 5.39. The van der Waals surface area contributed by atoms with Crippen molar-refractivity contribution in [3.8, 4) is 10.4 Å². The number of hydrogen-bond acceptors (Lipinski definition) is 7. The lowest BCUT2D eigenvalue weighted by Crippen LogP contribution is -2.55. The third kappa shape index (κ3) is 4.86. The van der Waals surface area contributed by atoms with E-state index in [1.165, 1.54) is 16.2 Å². The molecule has 2 saturated heterocycles. The summed E-state index contributed by atoms with van der Waals surface area (Å²) in [6, 6.07) is 2.50. The van der Waals surface area contributed by atoms with Gasteiger partial charge in [0.05, 0.1) is 10.3 Å². The molecule has 0 spiro atoms. The second-order valence-corrected chi connectivity index (χ2v) is 11.1. The molecular formula is C25H29ClN4O4S. The third-order valence-corrected chi connectivity index (χ3v) is 8.67. The number of nitrogens with one attached hydrogen (secondary N) is 1. The minimum Gasteiger partial charge on any atom is -0.366 e. The minimum atomic E-state index is -0.723. The number of rotatable bonds is 6. The van der Waals surface area contributed by atoms with Crippen molar-refractivity contribution in [2.45, 2.75) is 69.0 Å². The average molecular weight is 517 g/mol. The molecule has 0 radical (unpaired) electrons. The van der Waals surface area contributed by atoms with E-state index >= 15 is 0 Å². The van der Waals surface area contributed by atoms with Gasteiger partial charge in [0.15, 0.2) is 10.8 Å². The highest BCUT2D eigenvalue weighted by molar-refractivity contribution is 7.17. The number of aryl methyl sites for hydroxylation is 1. The number of halogens is 1. The standard InChI is InChI=1S/C25H29ClN4O4S/c1-2-16-10-15(8-9-27-16)19-11-28-24(35-19)23(32)29-20(14-6-4-3-5-7-14)25(33)30-12-17(26)22-21(30)18(31)13-34-22/h8-11,14,17,20-22H,2-7,12-13H2,1H3,(H,29,32). The lowest BCUT2D eigenvalue weighted by atomic mass is 9.83. The van der Waals surface area contributed by atoms with Gasteiger partial charge in [-0.2, -0.15) is 0 Å². The number of ether oxygens (including phenoxy) is 1. The molecule has 5 rings (SSSR count). The number of fused-ring (bicyclic) bond motifs is 1. The monoisotopic (exact) mass is 516 g/mol. The van der Waals surface area contributed by atoms with Gasteiger partial charge in [-0.3, -0.25) is 19.4 Å². The smallest absolute Gasteiger partial charge is 0.280 e. The molecule has 1 saturated carbocycles. The highest BCUT2D eigenvalue weighted by Gasteiger charge is 2.53. The molecule has 2 aromatic rings. The Balaban J connectivity index is 1.36. The van der Waals surface area contributed by atoms with E-state index in [2.05, 4.69) is 15.3 Å². The summed E-state index contributed by atoms with van der Waals surface area (Å²) in [5, 5.41) is 2.85. The molecule has 1 N–H and O–H groups in total. The summed E-state index contributed by atoms with van der Waals surface area (Å²) >= 11 is 7.71. The zero-order chi connectivity index (χ0) is 24.5. The molecule has 2 aromatic heterocycles. The summed E-state index contributed by atoms with van der Waals surface area (Å²) in [5.41, 5.74) is 1.93. The van der Waals surface area contributed by atoms with Gasteiger partial charge in [0, 0.05) is 24.6 Å². The number of hydrogen-bond donors (Lipinski definition) is 1. The number of nitrogens with zero attached hydrogens (tertiary/aromatic N) is 3. The molecule has 0 aromatic carbocycles. The van der Waals surface area contributed by atoms with Gasteiger partial charge in [0.1, 0.15) is 24.8 Å². The van der Waals surface area contributed by atoms with Crippen LogP contribution < -0.4 is 5.32 Å². The molecule has 35 heavy (non-hydrogen) atoms. The van der Waals surface area contributed by atoms with E-state index in [4.69, 9.17) is 16.3 Å². The van der Waals surface area contributed by atoms with Crippen LogP contribution in [0.4, 0.5) is 0 Å². The lowest BCUT2D eigenvalue weighted by molar-refractivity contribution is -0.139. The van der Waals surface area contributed by atoms with Gasteiger partial charge >= 0.3 is 0 Å². The molecule has 4 atom stereocenters. The Morgan fingerprint density at radius 2 is 2.09 bits per heavy atom. The highest BCUT2D eigenvalue weighted by atomic mass is 35.5. The van der Waals surface area contributed by atoms with Gasteiger partial charge in [-0.15, -0.1) is 22.9 Å². The second-order valence-electron chi connectivity index (χ2n) is 9.46. The first-order valence-electron chi connectivity index (χ1n) is 12.3. The van der Waals surface area contributed by atoms with Crippen LogP contribution in [0.1, 0.15) is 54.5 Å². The van der Waals surface area contributed by atoms with Gasteiger partial charge in [0.25, 0.3) is 5.91 Å². The van der Waals surface area contributed by atoms with Crippen LogP contribution in [0.25, 0.3) is 10.4 Å². The maximum Gasteiger partial charge on any atom is 0.280 e. The first-order chi connectivity index (χ1) is 17.0. The van der Waals surface area contributed by atoms with Crippen LogP contribution in [0.3, 0.4) is 0 Å². The summed E-state index contributed by atoms with van der Waals surface area (Å²) in [6.07, 6.45) is 8.64. The van der Waals surface area contributed by atoms with Crippen molar-refractivity contribution in [2.75, 3.05) is 13.2 Å². The van der Waals surface area contributed by atoms with Crippen molar-refractivity contribution in [1.29, 1.82) is 0 Å². The fraction of sp³-hybridized carbons (Fsp3) is 0.560. The maximum absolute atomic E-state index is 13.8. The molecule has 8 nitrogen and oxygen atoms in total. The summed E-state index contributed by atoms with van der Waals surface area (Å²) in [4.78, 5) is 50.6. The van der Waals surface area contributed by atoms with Crippen molar-refractivity contribution >= 4 is 40.5 Å². The number of aromatic nitrogens is 2. The molecule has 3 fully saturated rings. The quantitative estimate of drug-likeness (QED) is 0.591. The molecule has 4 heterocycles. The van der Waals surface area contributed by atoms with Crippen molar-refractivity contribution in [1.82, 2.24) is 20.2 Å². The summed E-state index contributed by atoms with van der Waals surface area (Å²) in [6.45, 7) is 2.25. The van der Waals surface area contributed by atoms with E-state index < -0.39 is 23.6 Å². The molecule has 0 bridgehead atoms. The molecule has 186 valence electrons. The van der Waals surface area contributed by atoms with Gasteiger partial charge in [0.2, 0.25) is 5.91 Å². The Kier molecular flexibility index (Phi) is 7.18. The Morgan fingerprint density at radius 3 is 2.86 bits per heavy atom. The summed E-state index contributed by atoms with van der Waals surface area (Å²) in [5.74, 6) is -0.742. The Labute approximate surface area is 213 Å². The van der Waals surface area contributed by atoms with Crippen LogP contribution in [0.15, 0.2) is 24.5 Å². The summed E-state index contributed by atoms with van der Waals surface area (Å²) < 4.78 is 5.54. The van der Waals surface area contributed by atoms with Gasteiger partial charge in [-0.05, 0) is 42.9 Å². The van der Waals surface area contributed by atoms with Gasteiger partial charge in [-0.1, -0.05) is 26.2 Å². The Morgan fingerprint density at radius 1 is 1.29 bits per heavy atom. The predicted octanol–water partition coefficient (Wildman–Crippen LogP) is 3.23. The molecule has 2 amide bonds. The second kappa shape index (κ2) is 10.3.